The minimum Gasteiger partial charge on any atom is -0.389 e. The topological polar surface area (TPSA) is 76.4 Å². The van der Waals surface area contributed by atoms with Gasteiger partial charge in [0.15, 0.2) is 0 Å². The Morgan fingerprint density at radius 3 is 3.00 bits per heavy atom. The minimum atomic E-state index is -0.625. The van der Waals surface area contributed by atoms with Gasteiger partial charge >= 0.3 is 0 Å². The Balaban J connectivity index is 2.73. The fraction of sp³-hybridized carbons (Fsp3) is 0.636. The Morgan fingerprint density at radius 2 is 2.39 bits per heavy atom. The molecule has 6 nitrogen and oxygen atoms in total. The molecule has 1 rings (SSSR count). The van der Waals surface area contributed by atoms with E-state index in [9.17, 15) is 9.90 Å². The highest BCUT2D eigenvalue weighted by Gasteiger charge is 2.10. The molecule has 0 fully saturated rings. The van der Waals surface area contributed by atoms with Gasteiger partial charge in [0, 0.05) is 20.2 Å². The fourth-order valence-corrected chi connectivity index (χ4v) is 1.89. The zero-order chi connectivity index (χ0) is 13.5. The lowest BCUT2D eigenvalue weighted by molar-refractivity contribution is 0.0727. The highest BCUT2D eigenvalue weighted by Crippen LogP contribution is 2.15. The van der Waals surface area contributed by atoms with E-state index < -0.39 is 6.10 Å². The number of aliphatic hydroxyl groups is 1. The molecule has 0 aromatic carbocycles. The van der Waals surface area contributed by atoms with Crippen molar-refractivity contribution in [3.8, 4) is 0 Å². The third kappa shape index (κ3) is 4.08. The minimum absolute atomic E-state index is 0.178. The van der Waals surface area contributed by atoms with E-state index >= 15 is 0 Å². The Bertz CT molecular complexity index is 436. The van der Waals surface area contributed by atoms with Crippen LogP contribution >= 0.6 is 15.9 Å². The van der Waals surface area contributed by atoms with Crippen molar-refractivity contribution in [2.45, 2.75) is 26.0 Å². The SMILES string of the molecule is CCCn1ncc(NCC(O)COC)c(Br)c1=O. The number of nitrogens with zero attached hydrogens (tertiary/aromatic N) is 2. The number of hydrogen-bond donors (Lipinski definition) is 2. The van der Waals surface area contributed by atoms with Gasteiger partial charge in [-0.25, -0.2) is 4.68 Å². The van der Waals surface area contributed by atoms with Crippen LogP contribution in [0.2, 0.25) is 0 Å². The lowest BCUT2D eigenvalue weighted by Gasteiger charge is -2.13. The van der Waals surface area contributed by atoms with E-state index in [1.54, 1.807) is 6.20 Å². The van der Waals surface area contributed by atoms with Crippen molar-refractivity contribution in [3.05, 3.63) is 21.0 Å². The van der Waals surface area contributed by atoms with Crippen LogP contribution in [0.1, 0.15) is 13.3 Å². The van der Waals surface area contributed by atoms with Gasteiger partial charge in [-0.1, -0.05) is 6.92 Å². The van der Waals surface area contributed by atoms with E-state index in [1.807, 2.05) is 6.92 Å². The Kier molecular flexibility index (Phi) is 6.31. The summed E-state index contributed by atoms with van der Waals surface area (Å²) in [6.07, 6.45) is 1.79. The molecule has 1 aromatic heterocycles. The standard InChI is InChI=1S/C11H18BrN3O3/c1-3-4-15-11(17)10(12)9(6-14-15)13-5-8(16)7-18-2/h6,8,13,16H,3-5,7H2,1-2H3. The molecule has 102 valence electrons. The molecule has 2 N–H and O–H groups in total. The lowest BCUT2D eigenvalue weighted by Crippen LogP contribution is -2.27. The Labute approximate surface area is 114 Å². The summed E-state index contributed by atoms with van der Waals surface area (Å²) < 4.78 is 6.64. The van der Waals surface area contributed by atoms with Crippen LogP contribution < -0.4 is 10.9 Å². The van der Waals surface area contributed by atoms with Crippen LogP contribution in [0, 0.1) is 0 Å². The Hall–Kier alpha value is -0.920. The van der Waals surface area contributed by atoms with E-state index in [2.05, 4.69) is 26.3 Å². The van der Waals surface area contributed by atoms with Gasteiger partial charge in [-0.15, -0.1) is 0 Å². The van der Waals surface area contributed by atoms with E-state index in [-0.39, 0.29) is 12.2 Å². The average molecular weight is 320 g/mol. The molecule has 0 aliphatic heterocycles. The fourth-order valence-electron chi connectivity index (χ4n) is 1.44. The molecule has 0 aliphatic carbocycles. The summed E-state index contributed by atoms with van der Waals surface area (Å²) in [5.41, 5.74) is 0.394. The van der Waals surface area contributed by atoms with Gasteiger partial charge < -0.3 is 15.2 Å². The summed E-state index contributed by atoms with van der Waals surface area (Å²) in [6.45, 7) is 3.11. The van der Waals surface area contributed by atoms with Crippen molar-refractivity contribution in [2.75, 3.05) is 25.6 Å². The molecule has 0 radical (unpaired) electrons. The monoisotopic (exact) mass is 319 g/mol. The smallest absolute Gasteiger partial charge is 0.283 e. The number of aliphatic hydroxyl groups excluding tert-OH is 1. The van der Waals surface area contributed by atoms with Crippen LogP contribution in [-0.2, 0) is 11.3 Å². The normalized spacial score (nSPS) is 12.4. The molecular weight excluding hydrogens is 302 g/mol. The molecule has 1 heterocycles. The molecule has 1 atom stereocenters. The predicted molar refractivity (Wildman–Crippen MR) is 72.9 cm³/mol. The number of ether oxygens (including phenoxy) is 1. The van der Waals surface area contributed by atoms with Crippen LogP contribution in [0.5, 0.6) is 0 Å². The third-order valence-corrected chi connectivity index (χ3v) is 3.07. The number of nitrogens with one attached hydrogen (secondary N) is 1. The first kappa shape index (κ1) is 15.1. The first-order valence-corrected chi connectivity index (χ1v) is 6.56. The summed E-state index contributed by atoms with van der Waals surface area (Å²) in [5, 5.41) is 16.5. The third-order valence-electron chi connectivity index (χ3n) is 2.31. The predicted octanol–water partition coefficient (Wildman–Crippen LogP) is 0.835. The summed E-state index contributed by atoms with van der Waals surface area (Å²) >= 11 is 3.24. The maximum Gasteiger partial charge on any atom is 0.283 e. The van der Waals surface area contributed by atoms with Gasteiger partial charge in [0.05, 0.1) is 24.6 Å². The number of aromatic nitrogens is 2. The summed E-state index contributed by atoms with van der Waals surface area (Å²) in [6, 6.07) is 0. The number of anilines is 1. The first-order chi connectivity index (χ1) is 8.60. The van der Waals surface area contributed by atoms with E-state index in [0.29, 0.717) is 23.2 Å². The molecule has 0 saturated carbocycles. The summed E-state index contributed by atoms with van der Waals surface area (Å²) in [5.74, 6) is 0. The van der Waals surface area contributed by atoms with Crippen molar-refractivity contribution >= 4 is 21.6 Å². The second-order valence-electron chi connectivity index (χ2n) is 3.89. The van der Waals surface area contributed by atoms with Gasteiger partial charge in [0.2, 0.25) is 0 Å². The number of methoxy groups -OCH3 is 1. The molecular formula is C11H18BrN3O3. The van der Waals surface area contributed by atoms with Crippen LogP contribution in [0.4, 0.5) is 5.69 Å². The van der Waals surface area contributed by atoms with E-state index in [0.717, 1.165) is 6.42 Å². The molecule has 1 unspecified atom stereocenters. The highest BCUT2D eigenvalue weighted by molar-refractivity contribution is 9.10. The van der Waals surface area contributed by atoms with Crippen molar-refractivity contribution in [3.63, 3.8) is 0 Å². The van der Waals surface area contributed by atoms with Crippen molar-refractivity contribution < 1.29 is 9.84 Å². The maximum absolute atomic E-state index is 11.9. The largest absolute Gasteiger partial charge is 0.389 e. The van der Waals surface area contributed by atoms with Crippen LogP contribution in [0.25, 0.3) is 0 Å². The number of rotatable bonds is 7. The molecule has 0 amide bonds. The van der Waals surface area contributed by atoms with Gasteiger partial charge in [0.1, 0.15) is 4.47 Å². The number of hydrogen-bond acceptors (Lipinski definition) is 5. The Morgan fingerprint density at radius 1 is 1.67 bits per heavy atom. The second kappa shape index (κ2) is 7.50. The number of aryl methyl sites for hydroxylation is 1. The van der Waals surface area contributed by atoms with Gasteiger partial charge in [0.25, 0.3) is 5.56 Å². The quantitative estimate of drug-likeness (QED) is 0.778. The molecule has 18 heavy (non-hydrogen) atoms. The molecule has 0 saturated heterocycles. The van der Waals surface area contributed by atoms with E-state index in [1.165, 1.54) is 11.8 Å². The zero-order valence-electron chi connectivity index (χ0n) is 10.5. The number of halogens is 1. The van der Waals surface area contributed by atoms with Crippen molar-refractivity contribution in [1.29, 1.82) is 0 Å². The van der Waals surface area contributed by atoms with Crippen LogP contribution in [0.3, 0.4) is 0 Å². The highest BCUT2D eigenvalue weighted by atomic mass is 79.9. The molecule has 7 heteroatoms. The van der Waals surface area contributed by atoms with Crippen molar-refractivity contribution in [2.24, 2.45) is 0 Å². The van der Waals surface area contributed by atoms with Gasteiger partial charge in [-0.05, 0) is 22.4 Å². The van der Waals surface area contributed by atoms with E-state index in [4.69, 9.17) is 4.74 Å². The molecule has 0 bridgehead atoms. The van der Waals surface area contributed by atoms with Gasteiger partial charge in [-0.3, -0.25) is 4.79 Å². The maximum atomic E-state index is 11.9. The summed E-state index contributed by atoms with van der Waals surface area (Å²) in [7, 11) is 1.52. The molecule has 0 spiro atoms. The first-order valence-electron chi connectivity index (χ1n) is 5.76. The van der Waals surface area contributed by atoms with Crippen LogP contribution in [0.15, 0.2) is 15.5 Å². The molecule has 0 aliphatic rings. The summed E-state index contributed by atoms with van der Waals surface area (Å²) in [4.78, 5) is 11.9. The van der Waals surface area contributed by atoms with Crippen molar-refractivity contribution in [1.82, 2.24) is 9.78 Å². The van der Waals surface area contributed by atoms with Gasteiger partial charge in [-0.2, -0.15) is 5.10 Å². The second-order valence-corrected chi connectivity index (χ2v) is 4.68. The average Bonchev–Trinajstić information content (AvgIpc) is 2.35. The lowest BCUT2D eigenvalue weighted by atomic mass is 10.3. The van der Waals surface area contributed by atoms with Crippen LogP contribution in [-0.4, -0.2) is 41.3 Å². The molecule has 1 aromatic rings. The zero-order valence-corrected chi connectivity index (χ0v) is 12.1.